The molecule has 1 heterocycles. The van der Waals surface area contributed by atoms with E-state index in [4.69, 9.17) is 25.8 Å². The van der Waals surface area contributed by atoms with E-state index >= 15 is 0 Å². The van der Waals surface area contributed by atoms with Crippen LogP contribution in [0.15, 0.2) is 72.5 Å². The van der Waals surface area contributed by atoms with Crippen LogP contribution in [0.5, 0.6) is 17.2 Å². The molecule has 0 saturated heterocycles. The highest BCUT2D eigenvalue weighted by Crippen LogP contribution is 2.40. The molecule has 0 bridgehead atoms. The van der Waals surface area contributed by atoms with E-state index in [1.807, 2.05) is 37.3 Å². The van der Waals surface area contributed by atoms with Gasteiger partial charge in [0.1, 0.15) is 17.2 Å². The number of fused-ring (bicyclic) bond motifs is 1. The summed E-state index contributed by atoms with van der Waals surface area (Å²) in [5.74, 6) is 0.806. The van der Waals surface area contributed by atoms with Crippen molar-refractivity contribution in [2.24, 2.45) is 0 Å². The average Bonchev–Trinajstić information content (AvgIpc) is 3.13. The van der Waals surface area contributed by atoms with Crippen molar-refractivity contribution in [3.05, 3.63) is 94.7 Å². The van der Waals surface area contributed by atoms with Crippen LogP contribution >= 0.6 is 11.6 Å². The Balaban J connectivity index is 1.54. The predicted octanol–water partition coefficient (Wildman–Crippen LogP) is 5.90. The number of carbonyl (C=O) groups excluding carboxylic acids is 2. The number of hydrogen-bond donors (Lipinski definition) is 0. The lowest BCUT2D eigenvalue weighted by molar-refractivity contribution is -0.134. The molecule has 3 aromatic carbocycles. The van der Waals surface area contributed by atoms with E-state index in [0.717, 1.165) is 11.3 Å². The highest BCUT2D eigenvalue weighted by molar-refractivity contribution is 6.30. The normalized spacial score (nSPS) is 14.6. The van der Waals surface area contributed by atoms with Crippen molar-refractivity contribution in [3.63, 3.8) is 0 Å². The third kappa shape index (κ3) is 4.39. The summed E-state index contributed by atoms with van der Waals surface area (Å²) < 4.78 is 16.8. The molecule has 0 aromatic heterocycles. The molecule has 0 N–H and O–H groups in total. The van der Waals surface area contributed by atoms with Crippen molar-refractivity contribution in [1.29, 1.82) is 0 Å². The number of Topliss-reactive ketones (excluding diaryl/α,β-unsaturated/α-hetero) is 1. The van der Waals surface area contributed by atoms with Gasteiger partial charge in [0.15, 0.2) is 11.1 Å². The number of carbonyl (C=O) groups is 2. The van der Waals surface area contributed by atoms with Crippen LogP contribution in [0.25, 0.3) is 6.08 Å². The maximum Gasteiger partial charge on any atom is 0.334 e. The van der Waals surface area contributed by atoms with Gasteiger partial charge in [0.2, 0.25) is 5.78 Å². The monoisotopic (exact) mass is 448 g/mol. The molecule has 0 radical (unpaired) electrons. The smallest absolute Gasteiger partial charge is 0.334 e. The summed E-state index contributed by atoms with van der Waals surface area (Å²) in [6.07, 6.45) is 1.67. The van der Waals surface area contributed by atoms with Crippen LogP contribution in [-0.2, 0) is 4.79 Å². The van der Waals surface area contributed by atoms with Gasteiger partial charge in [-0.2, -0.15) is 0 Å². The standard InChI is InChI=1S/C26H21ClO5/c1-3-30-19-11-9-17(10-12-19)15-22-24(28)20-13-14-21(16(2)25(20)31-22)32-26(29)23(27)18-7-5-4-6-8-18/h4-15,23H,3H2,1-2H3/b22-15-. The van der Waals surface area contributed by atoms with Gasteiger partial charge in [0.25, 0.3) is 0 Å². The zero-order valence-electron chi connectivity index (χ0n) is 17.6. The van der Waals surface area contributed by atoms with Gasteiger partial charge in [-0.3, -0.25) is 4.79 Å². The minimum absolute atomic E-state index is 0.204. The number of esters is 1. The highest BCUT2D eigenvalue weighted by Gasteiger charge is 2.31. The number of alkyl halides is 1. The first-order valence-corrected chi connectivity index (χ1v) is 10.6. The molecule has 6 heteroatoms. The van der Waals surface area contributed by atoms with Crippen LogP contribution < -0.4 is 14.2 Å². The first-order valence-electron chi connectivity index (χ1n) is 10.2. The molecule has 1 atom stereocenters. The summed E-state index contributed by atoms with van der Waals surface area (Å²) in [6, 6.07) is 19.5. The van der Waals surface area contributed by atoms with Crippen LogP contribution in [0.1, 0.15) is 39.3 Å². The Hall–Kier alpha value is -3.57. The fourth-order valence-electron chi connectivity index (χ4n) is 3.38. The second-order valence-electron chi connectivity index (χ2n) is 7.20. The topological polar surface area (TPSA) is 61.8 Å². The van der Waals surface area contributed by atoms with E-state index in [2.05, 4.69) is 0 Å². The first kappa shape index (κ1) is 21.7. The number of hydrogen-bond acceptors (Lipinski definition) is 5. The molecule has 0 aliphatic carbocycles. The molecule has 4 rings (SSSR count). The average molecular weight is 449 g/mol. The molecule has 0 saturated carbocycles. The molecule has 5 nitrogen and oxygen atoms in total. The van der Waals surface area contributed by atoms with E-state index < -0.39 is 11.3 Å². The lowest BCUT2D eigenvalue weighted by Gasteiger charge is -2.13. The third-order valence-electron chi connectivity index (χ3n) is 5.04. The quantitative estimate of drug-likeness (QED) is 0.203. The highest BCUT2D eigenvalue weighted by atomic mass is 35.5. The zero-order chi connectivity index (χ0) is 22.7. The predicted molar refractivity (Wildman–Crippen MR) is 122 cm³/mol. The van der Waals surface area contributed by atoms with Gasteiger partial charge in [-0.1, -0.05) is 42.5 Å². The first-order chi connectivity index (χ1) is 15.5. The van der Waals surface area contributed by atoms with Gasteiger partial charge in [0.05, 0.1) is 12.2 Å². The van der Waals surface area contributed by atoms with Gasteiger partial charge in [-0.15, -0.1) is 11.6 Å². The fraction of sp³-hybridized carbons (Fsp3) is 0.154. The van der Waals surface area contributed by atoms with Gasteiger partial charge in [-0.05, 0) is 55.3 Å². The Morgan fingerprint density at radius 1 is 1.06 bits per heavy atom. The second kappa shape index (κ2) is 9.28. The van der Waals surface area contributed by atoms with E-state index in [9.17, 15) is 9.59 Å². The Morgan fingerprint density at radius 3 is 2.47 bits per heavy atom. The molecule has 32 heavy (non-hydrogen) atoms. The summed E-state index contributed by atoms with van der Waals surface area (Å²) in [6.45, 7) is 4.24. The van der Waals surface area contributed by atoms with Crippen LogP contribution in [0.3, 0.4) is 0 Å². The third-order valence-corrected chi connectivity index (χ3v) is 5.47. The SMILES string of the molecule is CCOc1ccc(/C=C2\Oc3c(ccc(OC(=O)C(Cl)c4ccccc4)c3C)C2=O)cc1. The number of ether oxygens (including phenoxy) is 3. The second-order valence-corrected chi connectivity index (χ2v) is 7.64. The minimum Gasteiger partial charge on any atom is -0.494 e. The van der Waals surface area contributed by atoms with Crippen molar-refractivity contribution in [1.82, 2.24) is 0 Å². The zero-order valence-corrected chi connectivity index (χ0v) is 18.4. The number of halogens is 1. The van der Waals surface area contributed by atoms with Crippen molar-refractivity contribution in [2.45, 2.75) is 19.2 Å². The molecule has 162 valence electrons. The van der Waals surface area contributed by atoms with Crippen molar-refractivity contribution in [2.75, 3.05) is 6.61 Å². The Morgan fingerprint density at radius 2 is 1.78 bits per heavy atom. The van der Waals surface area contributed by atoms with Crippen LogP contribution in [0.4, 0.5) is 0 Å². The molecule has 1 aliphatic rings. The minimum atomic E-state index is -0.943. The lowest BCUT2D eigenvalue weighted by Crippen LogP contribution is -2.15. The van der Waals surface area contributed by atoms with Gasteiger partial charge in [0, 0.05) is 5.56 Å². The number of rotatable bonds is 6. The molecule has 0 spiro atoms. The molecule has 0 amide bonds. The van der Waals surface area contributed by atoms with Gasteiger partial charge < -0.3 is 14.2 Å². The summed E-state index contributed by atoms with van der Waals surface area (Å²) in [5, 5.41) is -0.943. The van der Waals surface area contributed by atoms with Crippen LogP contribution in [0.2, 0.25) is 0 Å². The van der Waals surface area contributed by atoms with E-state index in [1.54, 1.807) is 49.4 Å². The van der Waals surface area contributed by atoms with Crippen molar-refractivity contribution < 1.29 is 23.8 Å². The summed E-state index contributed by atoms with van der Waals surface area (Å²) in [5.41, 5.74) is 2.42. The number of ketones is 1. The molecule has 1 unspecified atom stereocenters. The molecular formula is C26H21ClO5. The Kier molecular flexibility index (Phi) is 6.28. The van der Waals surface area contributed by atoms with E-state index in [0.29, 0.717) is 34.8 Å². The van der Waals surface area contributed by atoms with Crippen LogP contribution in [-0.4, -0.2) is 18.4 Å². The molecule has 3 aromatic rings. The molecular weight excluding hydrogens is 428 g/mol. The van der Waals surface area contributed by atoms with Crippen LogP contribution in [0, 0.1) is 6.92 Å². The van der Waals surface area contributed by atoms with Crippen molar-refractivity contribution in [3.8, 4) is 17.2 Å². The summed E-state index contributed by atoms with van der Waals surface area (Å²) in [7, 11) is 0. The molecule has 1 aliphatic heterocycles. The number of benzene rings is 3. The Bertz CT molecular complexity index is 1180. The van der Waals surface area contributed by atoms with Gasteiger partial charge >= 0.3 is 5.97 Å². The lowest BCUT2D eigenvalue weighted by atomic mass is 10.1. The summed E-state index contributed by atoms with van der Waals surface area (Å²) in [4.78, 5) is 25.3. The fourth-order valence-corrected chi connectivity index (χ4v) is 3.57. The maximum absolute atomic E-state index is 12.8. The molecule has 0 fully saturated rings. The maximum atomic E-state index is 12.8. The Labute approximate surface area is 191 Å². The summed E-state index contributed by atoms with van der Waals surface area (Å²) >= 11 is 6.27. The van der Waals surface area contributed by atoms with E-state index in [-0.39, 0.29) is 11.5 Å². The largest absolute Gasteiger partial charge is 0.494 e. The van der Waals surface area contributed by atoms with E-state index in [1.165, 1.54) is 0 Å². The number of allylic oxidation sites excluding steroid dienone is 1. The van der Waals surface area contributed by atoms with Crippen molar-refractivity contribution >= 4 is 29.4 Å². The van der Waals surface area contributed by atoms with Gasteiger partial charge in [-0.25, -0.2) is 4.79 Å².